The number of alkyl halides is 3. The lowest BCUT2D eigenvalue weighted by molar-refractivity contribution is 0.0944. The van der Waals surface area contributed by atoms with E-state index in [-0.39, 0.29) is 10.5 Å². The predicted octanol–water partition coefficient (Wildman–Crippen LogP) is 4.00. The van der Waals surface area contributed by atoms with Gasteiger partial charge in [0.2, 0.25) is 13.6 Å². The van der Waals surface area contributed by atoms with Crippen molar-refractivity contribution in [3.05, 3.63) is 76.1 Å². The molecule has 0 bridgehead atoms. The minimum atomic E-state index is -4.29. The summed E-state index contributed by atoms with van der Waals surface area (Å²) >= 11 is 17.6. The van der Waals surface area contributed by atoms with Crippen LogP contribution in [0.4, 0.5) is 0 Å². The van der Waals surface area contributed by atoms with Gasteiger partial charge >= 0.3 is 5.63 Å². The second-order valence-corrected chi connectivity index (χ2v) is 10.6. The molecule has 0 saturated heterocycles. The first-order valence-corrected chi connectivity index (χ1v) is 10.9. The minimum Gasteiger partial charge on any atom is -0.422 e. The Hall–Kier alpha value is -2.06. The van der Waals surface area contributed by atoms with Gasteiger partial charge in [0, 0.05) is 5.39 Å². The fraction of sp³-hybridized carbons (Fsp3) is 0.158. The Morgan fingerprint density at radius 3 is 2.31 bits per heavy atom. The molecule has 1 unspecified atom stereocenters. The van der Waals surface area contributed by atoms with Crippen LogP contribution in [0.2, 0.25) is 0 Å². The number of sulfone groups is 1. The summed E-state index contributed by atoms with van der Waals surface area (Å²) in [6, 6.07) is 13.6. The van der Waals surface area contributed by atoms with Gasteiger partial charge in [-0.1, -0.05) is 70.7 Å². The van der Waals surface area contributed by atoms with E-state index in [4.69, 9.17) is 39.2 Å². The normalized spacial score (nSPS) is 13.2. The first-order chi connectivity index (χ1) is 13.5. The number of aryl methyl sites for hydroxylation is 1. The molecular formula is C19H14Cl3NO5S. The van der Waals surface area contributed by atoms with Gasteiger partial charge in [0.15, 0.2) is 5.37 Å². The SMILES string of the molecule is Cc1ccc(S(=O)(=O)C(NC(=O)c2cc3ccccc3oc2=O)C(Cl)(Cl)Cl)cc1. The summed E-state index contributed by atoms with van der Waals surface area (Å²) in [5.41, 5.74) is -0.259. The van der Waals surface area contributed by atoms with Crippen LogP contribution in [0.1, 0.15) is 15.9 Å². The Morgan fingerprint density at radius 2 is 1.69 bits per heavy atom. The summed E-state index contributed by atoms with van der Waals surface area (Å²) in [6.45, 7) is 1.78. The third-order valence-electron chi connectivity index (χ3n) is 4.11. The van der Waals surface area contributed by atoms with Crippen LogP contribution in [0.5, 0.6) is 0 Å². The van der Waals surface area contributed by atoms with Crippen LogP contribution in [0.3, 0.4) is 0 Å². The number of carbonyl (C=O) groups is 1. The summed E-state index contributed by atoms with van der Waals surface area (Å²) in [7, 11) is -4.29. The highest BCUT2D eigenvalue weighted by Gasteiger charge is 2.45. The van der Waals surface area contributed by atoms with E-state index >= 15 is 0 Å². The van der Waals surface area contributed by atoms with E-state index in [0.29, 0.717) is 5.39 Å². The summed E-state index contributed by atoms with van der Waals surface area (Å²) in [6.07, 6.45) is 0. The lowest BCUT2D eigenvalue weighted by Gasteiger charge is -2.25. The zero-order valence-corrected chi connectivity index (χ0v) is 17.9. The largest absolute Gasteiger partial charge is 0.422 e. The molecule has 0 aliphatic carbocycles. The van der Waals surface area contributed by atoms with Crippen molar-refractivity contribution in [3.8, 4) is 0 Å². The van der Waals surface area contributed by atoms with Crippen molar-refractivity contribution in [1.82, 2.24) is 5.32 Å². The van der Waals surface area contributed by atoms with Gasteiger partial charge in [-0.05, 0) is 31.2 Å². The molecule has 3 aromatic rings. The highest BCUT2D eigenvalue weighted by Crippen LogP contribution is 2.36. The van der Waals surface area contributed by atoms with E-state index in [1.807, 2.05) is 0 Å². The summed E-state index contributed by atoms with van der Waals surface area (Å²) in [4.78, 5) is 24.7. The molecule has 0 radical (unpaired) electrons. The van der Waals surface area contributed by atoms with Crippen molar-refractivity contribution in [2.24, 2.45) is 0 Å². The van der Waals surface area contributed by atoms with E-state index < -0.39 is 36.1 Å². The molecule has 0 saturated carbocycles. The molecule has 0 aliphatic heterocycles. The number of para-hydroxylation sites is 1. The maximum Gasteiger partial charge on any atom is 0.349 e. The molecule has 1 atom stereocenters. The molecule has 0 spiro atoms. The van der Waals surface area contributed by atoms with Crippen LogP contribution in [0, 0.1) is 6.92 Å². The Kier molecular flexibility index (Phi) is 5.96. The van der Waals surface area contributed by atoms with Crippen molar-refractivity contribution in [1.29, 1.82) is 0 Å². The summed E-state index contributed by atoms with van der Waals surface area (Å²) < 4.78 is 28.7. The van der Waals surface area contributed by atoms with Gasteiger partial charge in [-0.25, -0.2) is 13.2 Å². The topological polar surface area (TPSA) is 93.4 Å². The van der Waals surface area contributed by atoms with Crippen LogP contribution in [-0.4, -0.2) is 23.5 Å². The molecule has 3 rings (SSSR count). The number of carbonyl (C=O) groups excluding carboxylic acids is 1. The third kappa shape index (κ3) is 4.59. The Bertz CT molecular complexity index is 1230. The van der Waals surface area contributed by atoms with Gasteiger partial charge in [0.1, 0.15) is 11.1 Å². The molecule has 1 amide bonds. The number of fused-ring (bicyclic) bond motifs is 1. The van der Waals surface area contributed by atoms with E-state index in [1.54, 1.807) is 43.3 Å². The zero-order chi connectivity index (χ0) is 21.4. The molecule has 2 aromatic carbocycles. The second kappa shape index (κ2) is 7.99. The van der Waals surface area contributed by atoms with Crippen molar-refractivity contribution in [2.45, 2.75) is 21.0 Å². The van der Waals surface area contributed by atoms with Crippen molar-refractivity contribution < 1.29 is 17.6 Å². The Labute approximate surface area is 181 Å². The van der Waals surface area contributed by atoms with E-state index in [9.17, 15) is 18.0 Å². The maximum absolute atomic E-state index is 13.0. The average Bonchev–Trinajstić information content (AvgIpc) is 2.64. The van der Waals surface area contributed by atoms with Crippen LogP contribution in [0.15, 0.2) is 68.7 Å². The smallest absolute Gasteiger partial charge is 0.349 e. The molecule has 0 fully saturated rings. The van der Waals surface area contributed by atoms with E-state index in [0.717, 1.165) is 5.56 Å². The fourth-order valence-corrected chi connectivity index (χ4v) is 5.24. The van der Waals surface area contributed by atoms with E-state index in [1.165, 1.54) is 18.2 Å². The average molecular weight is 475 g/mol. The lowest BCUT2D eigenvalue weighted by atomic mass is 10.2. The first kappa shape index (κ1) is 21.6. The number of hydrogen-bond acceptors (Lipinski definition) is 5. The highest BCUT2D eigenvalue weighted by atomic mass is 35.6. The molecule has 29 heavy (non-hydrogen) atoms. The number of nitrogens with one attached hydrogen (secondary N) is 1. The van der Waals surface area contributed by atoms with Gasteiger partial charge in [-0.2, -0.15) is 0 Å². The molecule has 1 heterocycles. The predicted molar refractivity (Wildman–Crippen MR) is 112 cm³/mol. The van der Waals surface area contributed by atoms with Crippen LogP contribution >= 0.6 is 34.8 Å². The van der Waals surface area contributed by atoms with Crippen LogP contribution in [-0.2, 0) is 9.84 Å². The molecular weight excluding hydrogens is 461 g/mol. The number of amides is 1. The first-order valence-electron chi connectivity index (χ1n) is 8.21. The molecule has 6 nitrogen and oxygen atoms in total. The van der Waals surface area contributed by atoms with Gasteiger partial charge in [0.05, 0.1) is 4.90 Å². The number of rotatable bonds is 4. The quantitative estimate of drug-likeness (QED) is 0.456. The van der Waals surface area contributed by atoms with Crippen LogP contribution in [0.25, 0.3) is 11.0 Å². The van der Waals surface area contributed by atoms with E-state index in [2.05, 4.69) is 5.32 Å². The monoisotopic (exact) mass is 473 g/mol. The van der Waals surface area contributed by atoms with Gasteiger partial charge in [-0.3, -0.25) is 4.79 Å². The fourth-order valence-electron chi connectivity index (χ4n) is 2.62. The lowest BCUT2D eigenvalue weighted by Crippen LogP contribution is -2.49. The van der Waals surface area contributed by atoms with Crippen molar-refractivity contribution in [3.63, 3.8) is 0 Å². The van der Waals surface area contributed by atoms with Crippen molar-refractivity contribution >= 4 is 61.5 Å². The summed E-state index contributed by atoms with van der Waals surface area (Å²) in [5, 5.41) is 0.682. The standard InChI is InChI=1S/C19H14Cl3NO5S/c1-11-6-8-13(9-7-11)29(26,27)18(19(20,21)22)23-16(24)14-10-12-4-2-3-5-15(12)28-17(14)25/h2-10,18H,1H3,(H,23,24). The molecule has 10 heteroatoms. The minimum absolute atomic E-state index is 0.148. The van der Waals surface area contributed by atoms with Gasteiger partial charge in [0.25, 0.3) is 5.91 Å². The van der Waals surface area contributed by atoms with Crippen molar-refractivity contribution in [2.75, 3.05) is 0 Å². The number of hydrogen-bond donors (Lipinski definition) is 1. The maximum atomic E-state index is 13.0. The molecule has 1 N–H and O–H groups in total. The summed E-state index contributed by atoms with van der Waals surface area (Å²) in [5.74, 6) is -1.04. The van der Waals surface area contributed by atoms with Gasteiger partial charge < -0.3 is 9.73 Å². The zero-order valence-electron chi connectivity index (χ0n) is 14.9. The molecule has 0 aliphatic rings. The Morgan fingerprint density at radius 1 is 1.07 bits per heavy atom. The van der Waals surface area contributed by atoms with Crippen LogP contribution < -0.4 is 10.9 Å². The second-order valence-electron chi connectivity index (χ2n) is 6.24. The van der Waals surface area contributed by atoms with Gasteiger partial charge in [-0.15, -0.1) is 0 Å². The Balaban J connectivity index is 2.02. The number of halogens is 3. The molecule has 1 aromatic heterocycles. The number of benzene rings is 2. The molecule has 152 valence electrons. The third-order valence-corrected chi connectivity index (χ3v) is 7.17. The highest BCUT2D eigenvalue weighted by molar-refractivity contribution is 7.92.